The molecule has 1 heterocycles. The Morgan fingerprint density at radius 2 is 2.00 bits per heavy atom. The van der Waals surface area contributed by atoms with Crippen LogP contribution >= 0.6 is 0 Å². The van der Waals surface area contributed by atoms with Crippen LogP contribution in [-0.2, 0) is 4.74 Å². The van der Waals surface area contributed by atoms with E-state index in [1.54, 1.807) is 0 Å². The molecule has 0 aliphatic carbocycles. The van der Waals surface area contributed by atoms with Crippen LogP contribution in [0.15, 0.2) is 0 Å². The summed E-state index contributed by atoms with van der Waals surface area (Å²) >= 11 is 0. The third-order valence-corrected chi connectivity index (χ3v) is 3.81. The minimum Gasteiger partial charge on any atom is -0.392 e. The maximum Gasteiger partial charge on any atom is 0.159 e. The molecule has 2 N–H and O–H groups in total. The van der Waals surface area contributed by atoms with Gasteiger partial charge in [0.15, 0.2) is 11.9 Å². The maximum atomic E-state index is 9.74. The molecule has 0 spiro atoms. The lowest BCUT2D eigenvalue weighted by Gasteiger charge is -2.37. The smallest absolute Gasteiger partial charge is 0.159 e. The fourth-order valence-electron chi connectivity index (χ4n) is 2.30. The third kappa shape index (κ3) is 5.52. The molecule has 1 fully saturated rings. The molecule has 3 nitrogen and oxygen atoms in total. The van der Waals surface area contributed by atoms with Crippen molar-refractivity contribution in [1.82, 2.24) is 0 Å². The highest BCUT2D eigenvalue weighted by Gasteiger charge is 2.38. The van der Waals surface area contributed by atoms with Crippen LogP contribution in [0.2, 0.25) is 0 Å². The van der Waals surface area contributed by atoms with Gasteiger partial charge in [0.25, 0.3) is 0 Å². The zero-order valence-electron chi connectivity index (χ0n) is 12.3. The van der Waals surface area contributed by atoms with E-state index in [9.17, 15) is 10.2 Å². The molecule has 0 aromatic heterocycles. The second-order valence-corrected chi connectivity index (χ2v) is 5.64. The Kier molecular flexibility index (Phi) is 7.45. The maximum absolute atomic E-state index is 9.74. The second kappa shape index (κ2) is 8.58. The summed E-state index contributed by atoms with van der Waals surface area (Å²) < 4.78 is 5.51. The van der Waals surface area contributed by atoms with Gasteiger partial charge in [0.2, 0.25) is 0 Å². The lowest BCUT2D eigenvalue weighted by molar-refractivity contribution is -0.224. The molecule has 0 amide bonds. The molecule has 3 atom stereocenters. The molecule has 1 aliphatic rings. The van der Waals surface area contributed by atoms with Gasteiger partial charge in [0.1, 0.15) is 0 Å². The number of ether oxygens (including phenoxy) is 1. The fourth-order valence-corrected chi connectivity index (χ4v) is 2.30. The number of hydrogen-bond acceptors (Lipinski definition) is 3. The largest absolute Gasteiger partial charge is 0.392 e. The van der Waals surface area contributed by atoms with E-state index < -0.39 is 11.9 Å². The first-order valence-electron chi connectivity index (χ1n) is 7.60. The first-order valence-corrected chi connectivity index (χ1v) is 7.60. The minimum absolute atomic E-state index is 0.121. The minimum atomic E-state index is -0.838. The van der Waals surface area contributed by atoms with E-state index in [0.29, 0.717) is 6.42 Å². The molecule has 1 saturated heterocycles. The van der Waals surface area contributed by atoms with Gasteiger partial charge < -0.3 is 14.9 Å². The van der Waals surface area contributed by atoms with Crippen LogP contribution in [-0.4, -0.2) is 28.7 Å². The Morgan fingerprint density at radius 3 is 2.63 bits per heavy atom. The van der Waals surface area contributed by atoms with Crippen molar-refractivity contribution in [1.29, 1.82) is 0 Å². The van der Waals surface area contributed by atoms with Crippen molar-refractivity contribution < 1.29 is 14.9 Å². The van der Waals surface area contributed by atoms with E-state index in [2.05, 4.69) is 18.8 Å². The van der Waals surface area contributed by atoms with Gasteiger partial charge >= 0.3 is 0 Å². The van der Waals surface area contributed by atoms with Crippen molar-refractivity contribution in [3.63, 3.8) is 0 Å². The van der Waals surface area contributed by atoms with Gasteiger partial charge in [0, 0.05) is 12.3 Å². The van der Waals surface area contributed by atoms with Crippen LogP contribution < -0.4 is 0 Å². The molecule has 110 valence electrons. The molecule has 1 rings (SSSR count). The highest BCUT2D eigenvalue weighted by Crippen LogP contribution is 2.30. The molecule has 2 unspecified atom stereocenters. The summed E-state index contributed by atoms with van der Waals surface area (Å²) in [5, 5.41) is 19.2. The van der Waals surface area contributed by atoms with Gasteiger partial charge in [-0.1, -0.05) is 45.5 Å². The summed E-state index contributed by atoms with van der Waals surface area (Å²) in [6, 6.07) is 0. The van der Waals surface area contributed by atoms with Crippen molar-refractivity contribution in [2.75, 3.05) is 6.61 Å². The zero-order chi connectivity index (χ0) is 14.1. The second-order valence-electron chi connectivity index (χ2n) is 5.64. The van der Waals surface area contributed by atoms with Gasteiger partial charge in [-0.25, -0.2) is 0 Å². The average molecular weight is 268 g/mol. The lowest BCUT2D eigenvalue weighted by atomic mass is 9.89. The van der Waals surface area contributed by atoms with Crippen molar-refractivity contribution >= 4 is 0 Å². The van der Waals surface area contributed by atoms with Gasteiger partial charge in [-0.15, -0.1) is 5.92 Å². The SMILES string of the molecule is CCCCCCCC#C[C@@]1(CO)CCC(C)C(O)O1. The molecule has 19 heavy (non-hydrogen) atoms. The van der Waals surface area contributed by atoms with E-state index in [-0.39, 0.29) is 12.5 Å². The number of hydrogen-bond donors (Lipinski definition) is 2. The van der Waals surface area contributed by atoms with Crippen LogP contribution in [0, 0.1) is 17.8 Å². The summed E-state index contributed by atoms with van der Waals surface area (Å²) in [4.78, 5) is 0. The van der Waals surface area contributed by atoms with Crippen LogP contribution in [0.4, 0.5) is 0 Å². The fraction of sp³-hybridized carbons (Fsp3) is 0.875. The predicted molar refractivity (Wildman–Crippen MR) is 76.5 cm³/mol. The molecule has 1 aliphatic heterocycles. The molecule has 0 aromatic rings. The molecule has 0 saturated carbocycles. The number of unbranched alkanes of at least 4 members (excludes halogenated alkanes) is 5. The third-order valence-electron chi connectivity index (χ3n) is 3.81. The van der Waals surface area contributed by atoms with Crippen molar-refractivity contribution in [3.05, 3.63) is 0 Å². The Labute approximate surface area is 117 Å². The molecule has 0 aromatic carbocycles. The van der Waals surface area contributed by atoms with Gasteiger partial charge in [-0.05, 0) is 19.3 Å². The van der Waals surface area contributed by atoms with Crippen LogP contribution in [0.25, 0.3) is 0 Å². The summed E-state index contributed by atoms with van der Waals surface area (Å²) in [5.74, 6) is 6.28. The van der Waals surface area contributed by atoms with Gasteiger partial charge in [0.05, 0.1) is 6.61 Å². The molecule has 0 bridgehead atoms. The predicted octanol–water partition coefficient (Wildman–Crippen LogP) is 2.85. The van der Waals surface area contributed by atoms with E-state index in [1.165, 1.54) is 25.7 Å². The monoisotopic (exact) mass is 268 g/mol. The van der Waals surface area contributed by atoms with Crippen LogP contribution in [0.3, 0.4) is 0 Å². The highest BCUT2D eigenvalue weighted by molar-refractivity contribution is 5.16. The van der Waals surface area contributed by atoms with E-state index in [1.807, 2.05) is 6.92 Å². The van der Waals surface area contributed by atoms with Crippen molar-refractivity contribution in [3.8, 4) is 11.8 Å². The van der Waals surface area contributed by atoms with Gasteiger partial charge in [-0.2, -0.15) is 0 Å². The van der Waals surface area contributed by atoms with E-state index in [0.717, 1.165) is 19.3 Å². The molecular weight excluding hydrogens is 240 g/mol. The Hall–Kier alpha value is -0.560. The number of rotatable bonds is 6. The van der Waals surface area contributed by atoms with E-state index in [4.69, 9.17) is 4.74 Å². The first kappa shape index (κ1) is 16.5. The van der Waals surface area contributed by atoms with Crippen molar-refractivity contribution in [2.45, 2.75) is 77.1 Å². The molecule has 3 heteroatoms. The number of aliphatic hydroxyl groups excluding tert-OH is 2. The Balaban J connectivity index is 2.35. The Bertz CT molecular complexity index is 305. The van der Waals surface area contributed by atoms with Crippen molar-refractivity contribution in [2.24, 2.45) is 5.92 Å². The quantitative estimate of drug-likeness (QED) is 0.575. The average Bonchev–Trinajstić information content (AvgIpc) is 2.42. The number of aliphatic hydroxyl groups is 2. The zero-order valence-corrected chi connectivity index (χ0v) is 12.3. The lowest BCUT2D eigenvalue weighted by Crippen LogP contribution is -2.45. The summed E-state index contributed by atoms with van der Waals surface area (Å²) in [6.45, 7) is 4.02. The summed E-state index contributed by atoms with van der Waals surface area (Å²) in [6.07, 6.45) is 7.72. The Morgan fingerprint density at radius 1 is 1.26 bits per heavy atom. The molecular formula is C16H28O3. The standard InChI is InChI=1S/C16H28O3/c1-3-4-5-6-7-8-9-11-16(13-17)12-10-14(2)15(18)19-16/h14-15,17-18H,3-8,10,12-13H2,1-2H3/t14?,15?,16-/m0/s1. The highest BCUT2D eigenvalue weighted by atomic mass is 16.6. The van der Waals surface area contributed by atoms with Crippen LogP contribution in [0.5, 0.6) is 0 Å². The first-order chi connectivity index (χ1) is 9.13. The van der Waals surface area contributed by atoms with E-state index >= 15 is 0 Å². The summed E-state index contributed by atoms with van der Waals surface area (Å²) in [7, 11) is 0. The van der Waals surface area contributed by atoms with Crippen LogP contribution in [0.1, 0.15) is 65.2 Å². The topological polar surface area (TPSA) is 49.7 Å². The summed E-state index contributed by atoms with van der Waals surface area (Å²) in [5.41, 5.74) is -0.838. The molecule has 0 radical (unpaired) electrons. The normalized spacial score (nSPS) is 30.7. The van der Waals surface area contributed by atoms with Gasteiger partial charge in [-0.3, -0.25) is 0 Å².